The molecule has 2 fully saturated rings. The van der Waals surface area contributed by atoms with Crippen LogP contribution < -0.4 is 0 Å². The van der Waals surface area contributed by atoms with Crippen molar-refractivity contribution in [3.05, 3.63) is 59.7 Å². The highest BCUT2D eigenvalue weighted by Gasteiger charge is 2.22. The highest BCUT2D eigenvalue weighted by Crippen LogP contribution is 2.31. The summed E-state index contributed by atoms with van der Waals surface area (Å²) in [4.78, 5) is 5.03. The summed E-state index contributed by atoms with van der Waals surface area (Å²) in [7, 11) is 2.24. The van der Waals surface area contributed by atoms with Crippen LogP contribution in [-0.4, -0.2) is 36.5 Å². The van der Waals surface area contributed by atoms with Crippen LogP contribution in [0.25, 0.3) is 11.1 Å². The highest BCUT2D eigenvalue weighted by atomic mass is 15.1. The minimum absolute atomic E-state index is 0.613. The van der Waals surface area contributed by atoms with E-state index in [1.165, 1.54) is 67.6 Å². The van der Waals surface area contributed by atoms with Gasteiger partial charge in [0, 0.05) is 12.6 Å². The van der Waals surface area contributed by atoms with Gasteiger partial charge in [-0.05, 0) is 74.6 Å². The Labute approximate surface area is 146 Å². The zero-order valence-electron chi connectivity index (χ0n) is 14.7. The standard InChI is InChI=1S/C22H28N2/c1-23-14-4-5-22(23)21-12-10-20(11-13-21)19-8-6-18(7-9-19)17-24-15-2-3-16-24/h6-13,22H,2-5,14-17H2,1H3. The zero-order chi connectivity index (χ0) is 16.4. The molecule has 2 heteroatoms. The van der Waals surface area contributed by atoms with Gasteiger partial charge >= 0.3 is 0 Å². The second kappa shape index (κ2) is 7.08. The van der Waals surface area contributed by atoms with E-state index in [1.807, 2.05) is 0 Å². The number of hydrogen-bond acceptors (Lipinski definition) is 2. The molecule has 1 atom stereocenters. The SMILES string of the molecule is CN1CCCC1c1ccc(-c2ccc(CN3CCCC3)cc2)cc1. The molecule has 0 N–H and O–H groups in total. The highest BCUT2D eigenvalue weighted by molar-refractivity contribution is 5.64. The molecule has 0 bridgehead atoms. The molecule has 0 radical (unpaired) electrons. The largest absolute Gasteiger partial charge is 0.299 e. The summed E-state index contributed by atoms with van der Waals surface area (Å²) in [6.07, 6.45) is 5.34. The summed E-state index contributed by atoms with van der Waals surface area (Å²) in [6.45, 7) is 4.86. The predicted octanol–water partition coefficient (Wildman–Crippen LogP) is 4.72. The molecule has 0 aliphatic carbocycles. The maximum Gasteiger partial charge on any atom is 0.0345 e. The predicted molar refractivity (Wildman–Crippen MR) is 101 cm³/mol. The first kappa shape index (κ1) is 15.9. The topological polar surface area (TPSA) is 6.48 Å². The fraction of sp³-hybridized carbons (Fsp3) is 0.455. The van der Waals surface area contributed by atoms with Gasteiger partial charge in [0.2, 0.25) is 0 Å². The molecule has 2 aromatic rings. The lowest BCUT2D eigenvalue weighted by molar-refractivity contribution is 0.317. The number of likely N-dealkylation sites (tertiary alicyclic amines) is 2. The van der Waals surface area contributed by atoms with Crippen molar-refractivity contribution in [2.24, 2.45) is 0 Å². The summed E-state index contributed by atoms with van der Waals surface area (Å²) in [5.41, 5.74) is 5.55. The van der Waals surface area contributed by atoms with Gasteiger partial charge in [-0.2, -0.15) is 0 Å². The first-order valence-corrected chi connectivity index (χ1v) is 9.41. The van der Waals surface area contributed by atoms with Gasteiger partial charge in [-0.15, -0.1) is 0 Å². The van der Waals surface area contributed by atoms with E-state index in [4.69, 9.17) is 0 Å². The van der Waals surface area contributed by atoms with Crippen LogP contribution in [0.5, 0.6) is 0 Å². The molecule has 0 saturated carbocycles. The third kappa shape index (κ3) is 3.40. The Hall–Kier alpha value is -1.64. The molecule has 1 unspecified atom stereocenters. The molecular weight excluding hydrogens is 292 g/mol. The van der Waals surface area contributed by atoms with Crippen LogP contribution in [0.4, 0.5) is 0 Å². The Morgan fingerprint density at radius 1 is 0.792 bits per heavy atom. The molecule has 2 heterocycles. The number of benzene rings is 2. The third-order valence-corrected chi connectivity index (χ3v) is 5.71. The lowest BCUT2D eigenvalue weighted by Crippen LogP contribution is -2.18. The van der Waals surface area contributed by atoms with Crippen molar-refractivity contribution in [2.75, 3.05) is 26.7 Å². The average Bonchev–Trinajstić information content (AvgIpc) is 3.27. The second-order valence-electron chi connectivity index (χ2n) is 7.44. The Morgan fingerprint density at radius 2 is 1.42 bits per heavy atom. The zero-order valence-corrected chi connectivity index (χ0v) is 14.7. The first-order valence-electron chi connectivity index (χ1n) is 9.41. The van der Waals surface area contributed by atoms with E-state index in [0.717, 1.165) is 6.54 Å². The van der Waals surface area contributed by atoms with Crippen LogP contribution >= 0.6 is 0 Å². The smallest absolute Gasteiger partial charge is 0.0345 e. The number of hydrogen-bond donors (Lipinski definition) is 0. The van der Waals surface area contributed by atoms with E-state index in [0.29, 0.717) is 6.04 Å². The van der Waals surface area contributed by atoms with Gasteiger partial charge in [0.1, 0.15) is 0 Å². The third-order valence-electron chi connectivity index (χ3n) is 5.71. The van der Waals surface area contributed by atoms with Gasteiger partial charge in [0.25, 0.3) is 0 Å². The monoisotopic (exact) mass is 320 g/mol. The van der Waals surface area contributed by atoms with Crippen molar-refractivity contribution in [3.63, 3.8) is 0 Å². The number of rotatable bonds is 4. The average molecular weight is 320 g/mol. The summed E-state index contributed by atoms with van der Waals surface area (Å²) in [5, 5.41) is 0. The lowest BCUT2D eigenvalue weighted by Gasteiger charge is -2.20. The molecular formula is C22H28N2. The Bertz CT molecular complexity index is 653. The van der Waals surface area contributed by atoms with Gasteiger partial charge in [0.05, 0.1) is 0 Å². The molecule has 2 nitrogen and oxygen atoms in total. The summed E-state index contributed by atoms with van der Waals surface area (Å²) < 4.78 is 0. The fourth-order valence-corrected chi connectivity index (χ4v) is 4.23. The molecule has 2 saturated heterocycles. The molecule has 126 valence electrons. The van der Waals surface area contributed by atoms with Crippen molar-refractivity contribution in [2.45, 2.75) is 38.3 Å². The van der Waals surface area contributed by atoms with E-state index in [1.54, 1.807) is 0 Å². The molecule has 24 heavy (non-hydrogen) atoms. The molecule has 2 aliphatic rings. The van der Waals surface area contributed by atoms with Crippen molar-refractivity contribution in [1.29, 1.82) is 0 Å². The van der Waals surface area contributed by atoms with Crippen LogP contribution in [0.3, 0.4) is 0 Å². The number of nitrogens with zero attached hydrogens (tertiary/aromatic N) is 2. The maximum absolute atomic E-state index is 2.56. The Morgan fingerprint density at radius 3 is 2.00 bits per heavy atom. The molecule has 0 amide bonds. The van der Waals surface area contributed by atoms with E-state index < -0.39 is 0 Å². The Kier molecular flexibility index (Phi) is 4.68. The molecule has 0 spiro atoms. The van der Waals surface area contributed by atoms with Crippen molar-refractivity contribution in [1.82, 2.24) is 9.80 Å². The van der Waals surface area contributed by atoms with E-state index in [9.17, 15) is 0 Å². The van der Waals surface area contributed by atoms with Crippen LogP contribution in [0.15, 0.2) is 48.5 Å². The van der Waals surface area contributed by atoms with E-state index in [2.05, 4.69) is 65.4 Å². The lowest BCUT2D eigenvalue weighted by atomic mass is 9.99. The summed E-state index contributed by atoms with van der Waals surface area (Å²) in [6, 6.07) is 19.0. The van der Waals surface area contributed by atoms with Gasteiger partial charge in [-0.3, -0.25) is 9.80 Å². The minimum Gasteiger partial charge on any atom is -0.299 e. The van der Waals surface area contributed by atoms with Gasteiger partial charge in [0.15, 0.2) is 0 Å². The molecule has 4 rings (SSSR count). The maximum atomic E-state index is 2.56. The Balaban J connectivity index is 1.45. The van der Waals surface area contributed by atoms with E-state index >= 15 is 0 Å². The van der Waals surface area contributed by atoms with Gasteiger partial charge < -0.3 is 0 Å². The van der Waals surface area contributed by atoms with Crippen LogP contribution in [0.1, 0.15) is 42.9 Å². The van der Waals surface area contributed by atoms with Crippen LogP contribution in [-0.2, 0) is 6.54 Å². The molecule has 2 aliphatic heterocycles. The fourth-order valence-electron chi connectivity index (χ4n) is 4.23. The second-order valence-corrected chi connectivity index (χ2v) is 7.44. The van der Waals surface area contributed by atoms with Crippen molar-refractivity contribution < 1.29 is 0 Å². The summed E-state index contributed by atoms with van der Waals surface area (Å²) >= 11 is 0. The van der Waals surface area contributed by atoms with Gasteiger partial charge in [-0.25, -0.2) is 0 Å². The summed E-state index contributed by atoms with van der Waals surface area (Å²) in [5.74, 6) is 0. The van der Waals surface area contributed by atoms with Crippen molar-refractivity contribution in [3.8, 4) is 11.1 Å². The first-order chi connectivity index (χ1) is 11.8. The molecule has 0 aromatic heterocycles. The quantitative estimate of drug-likeness (QED) is 0.804. The van der Waals surface area contributed by atoms with Crippen LogP contribution in [0, 0.1) is 0 Å². The minimum atomic E-state index is 0.613. The van der Waals surface area contributed by atoms with E-state index in [-0.39, 0.29) is 0 Å². The normalized spacial score (nSPS) is 22.3. The van der Waals surface area contributed by atoms with Crippen molar-refractivity contribution >= 4 is 0 Å². The van der Waals surface area contributed by atoms with Gasteiger partial charge in [-0.1, -0.05) is 48.5 Å². The molecule has 2 aromatic carbocycles. The van der Waals surface area contributed by atoms with Crippen LogP contribution in [0.2, 0.25) is 0 Å².